The van der Waals surface area contributed by atoms with Gasteiger partial charge in [0.25, 0.3) is 0 Å². The molecular formula is C9H10BrF. The molecule has 0 fully saturated rings. The third kappa shape index (κ3) is 2.29. The van der Waals surface area contributed by atoms with E-state index in [2.05, 4.69) is 15.9 Å². The minimum Gasteiger partial charge on any atom is -0.207 e. The molecule has 0 atom stereocenters. The molecule has 0 saturated heterocycles. The lowest BCUT2D eigenvalue weighted by Crippen LogP contribution is -2.06. The molecule has 0 aliphatic carbocycles. The monoisotopic (exact) mass is 216 g/mol. The zero-order chi connectivity index (χ0) is 8.48. The number of hydrogen-bond donors (Lipinski definition) is 0. The molecule has 60 valence electrons. The van der Waals surface area contributed by atoms with Gasteiger partial charge in [0.2, 0.25) is 0 Å². The Bertz CT molecular complexity index is 250. The average molecular weight is 217 g/mol. The lowest BCUT2D eigenvalue weighted by atomic mass is 10.0. The summed E-state index contributed by atoms with van der Waals surface area (Å²) < 4.78 is 12.5. The summed E-state index contributed by atoms with van der Waals surface area (Å²) in [4.78, 5) is 0. The predicted octanol–water partition coefficient (Wildman–Crippen LogP) is 3.46. The van der Waals surface area contributed by atoms with Crippen LogP contribution in [0.5, 0.6) is 0 Å². The highest BCUT2D eigenvalue weighted by atomic mass is 79.9. The first-order valence-corrected chi connectivity index (χ1v) is 4.24. The Kier molecular flexibility index (Phi) is 2.33. The molecule has 2 heteroatoms. The van der Waals surface area contributed by atoms with Crippen LogP contribution >= 0.6 is 15.9 Å². The van der Waals surface area contributed by atoms with E-state index in [-0.39, 0.29) is 10.1 Å². The number of hydrogen-bond acceptors (Lipinski definition) is 0. The fourth-order valence-electron chi connectivity index (χ4n) is 0.858. The smallest absolute Gasteiger partial charge is 0.123 e. The van der Waals surface area contributed by atoms with Crippen molar-refractivity contribution in [1.29, 1.82) is 0 Å². The fourth-order valence-corrected chi connectivity index (χ4v) is 1.10. The molecule has 0 bridgehead atoms. The third-order valence-electron chi connectivity index (χ3n) is 1.51. The minimum absolute atomic E-state index is 0.144. The van der Waals surface area contributed by atoms with Crippen LogP contribution in [0.15, 0.2) is 24.3 Å². The van der Waals surface area contributed by atoms with E-state index in [0.29, 0.717) is 0 Å². The van der Waals surface area contributed by atoms with Gasteiger partial charge in [-0.2, -0.15) is 0 Å². The molecule has 0 spiro atoms. The summed E-state index contributed by atoms with van der Waals surface area (Å²) in [6.45, 7) is 3.98. The Hall–Kier alpha value is -0.370. The van der Waals surface area contributed by atoms with E-state index in [0.717, 1.165) is 5.56 Å². The van der Waals surface area contributed by atoms with Crippen LogP contribution in [0, 0.1) is 5.82 Å². The van der Waals surface area contributed by atoms with E-state index < -0.39 is 0 Å². The molecule has 0 unspecified atom stereocenters. The number of alkyl halides is 1. The van der Waals surface area contributed by atoms with Gasteiger partial charge < -0.3 is 0 Å². The molecule has 0 N–H and O–H groups in total. The average Bonchev–Trinajstić information content (AvgIpc) is 1.86. The third-order valence-corrected chi connectivity index (χ3v) is 1.97. The summed E-state index contributed by atoms with van der Waals surface area (Å²) in [7, 11) is 0. The summed E-state index contributed by atoms with van der Waals surface area (Å²) in [6, 6.07) is 6.60. The van der Waals surface area contributed by atoms with Crippen LogP contribution in [-0.2, 0) is 4.32 Å². The number of rotatable bonds is 1. The lowest BCUT2D eigenvalue weighted by Gasteiger charge is -2.16. The first kappa shape index (κ1) is 8.72. The van der Waals surface area contributed by atoms with Crippen LogP contribution in [-0.4, -0.2) is 0 Å². The molecule has 1 aromatic rings. The number of benzene rings is 1. The molecule has 0 aromatic heterocycles. The summed E-state index contributed by atoms with van der Waals surface area (Å²) in [6.07, 6.45) is 0. The van der Waals surface area contributed by atoms with Gasteiger partial charge in [0, 0.05) is 4.32 Å². The predicted molar refractivity (Wildman–Crippen MR) is 48.4 cm³/mol. The highest BCUT2D eigenvalue weighted by molar-refractivity contribution is 9.09. The van der Waals surface area contributed by atoms with Gasteiger partial charge in [-0.05, 0) is 31.5 Å². The van der Waals surface area contributed by atoms with E-state index in [1.165, 1.54) is 12.1 Å². The van der Waals surface area contributed by atoms with Crippen LogP contribution < -0.4 is 0 Å². The van der Waals surface area contributed by atoms with Crippen LogP contribution in [0.25, 0.3) is 0 Å². The highest BCUT2D eigenvalue weighted by Crippen LogP contribution is 2.29. The van der Waals surface area contributed by atoms with Gasteiger partial charge in [-0.1, -0.05) is 28.1 Å². The Morgan fingerprint density at radius 3 is 2.36 bits per heavy atom. The summed E-state index contributed by atoms with van der Waals surface area (Å²) in [5.41, 5.74) is 0.956. The topological polar surface area (TPSA) is 0 Å². The maximum absolute atomic E-state index is 12.7. The fraction of sp³-hybridized carbons (Fsp3) is 0.333. The van der Waals surface area contributed by atoms with Gasteiger partial charge in [-0.25, -0.2) is 4.39 Å². The van der Waals surface area contributed by atoms with Crippen molar-refractivity contribution < 1.29 is 4.39 Å². The molecular weight excluding hydrogens is 207 g/mol. The maximum atomic E-state index is 12.7. The van der Waals surface area contributed by atoms with Crippen molar-refractivity contribution in [2.75, 3.05) is 0 Å². The van der Waals surface area contributed by atoms with Crippen molar-refractivity contribution in [3.05, 3.63) is 35.6 Å². The largest absolute Gasteiger partial charge is 0.207 e. The SMILES string of the molecule is CC(C)(Br)c1cccc(F)c1. The van der Waals surface area contributed by atoms with Crippen LogP contribution in [0.4, 0.5) is 4.39 Å². The second-order valence-corrected chi connectivity index (χ2v) is 4.97. The Morgan fingerprint density at radius 1 is 1.36 bits per heavy atom. The lowest BCUT2D eigenvalue weighted by molar-refractivity contribution is 0.621. The van der Waals surface area contributed by atoms with E-state index in [1.807, 2.05) is 19.9 Å². The molecule has 0 aliphatic heterocycles. The maximum Gasteiger partial charge on any atom is 0.123 e. The molecule has 0 amide bonds. The standard InChI is InChI=1S/C9H10BrF/c1-9(2,10)7-4-3-5-8(11)6-7/h3-6H,1-2H3. The zero-order valence-electron chi connectivity index (χ0n) is 6.57. The van der Waals surface area contributed by atoms with Crippen molar-refractivity contribution in [3.8, 4) is 0 Å². The molecule has 0 aliphatic rings. The summed E-state index contributed by atoms with van der Waals surface area (Å²) >= 11 is 3.45. The van der Waals surface area contributed by atoms with Crippen LogP contribution in [0.2, 0.25) is 0 Å². The van der Waals surface area contributed by atoms with Crippen LogP contribution in [0.1, 0.15) is 19.4 Å². The second kappa shape index (κ2) is 2.94. The van der Waals surface area contributed by atoms with Crippen molar-refractivity contribution in [1.82, 2.24) is 0 Å². The normalized spacial score (nSPS) is 11.6. The second-order valence-electron chi connectivity index (χ2n) is 2.98. The van der Waals surface area contributed by atoms with Gasteiger partial charge >= 0.3 is 0 Å². The Balaban J connectivity index is 3.06. The molecule has 11 heavy (non-hydrogen) atoms. The van der Waals surface area contributed by atoms with Crippen molar-refractivity contribution in [2.24, 2.45) is 0 Å². The van der Waals surface area contributed by atoms with Gasteiger partial charge in [0.15, 0.2) is 0 Å². The quantitative estimate of drug-likeness (QED) is 0.632. The van der Waals surface area contributed by atoms with E-state index in [9.17, 15) is 4.39 Å². The summed E-state index contributed by atoms with van der Waals surface area (Å²) in [5, 5.41) is 0. The number of halogens is 2. The summed E-state index contributed by atoms with van der Waals surface area (Å²) in [5.74, 6) is -0.185. The minimum atomic E-state index is -0.185. The van der Waals surface area contributed by atoms with Gasteiger partial charge in [0.1, 0.15) is 5.82 Å². The highest BCUT2D eigenvalue weighted by Gasteiger charge is 2.15. The van der Waals surface area contributed by atoms with Crippen molar-refractivity contribution in [2.45, 2.75) is 18.2 Å². The van der Waals surface area contributed by atoms with Gasteiger partial charge in [-0.15, -0.1) is 0 Å². The molecule has 0 nitrogen and oxygen atoms in total. The van der Waals surface area contributed by atoms with Crippen molar-refractivity contribution >= 4 is 15.9 Å². The van der Waals surface area contributed by atoms with Gasteiger partial charge in [-0.3, -0.25) is 0 Å². The molecule has 1 aromatic carbocycles. The molecule has 0 radical (unpaired) electrons. The molecule has 1 rings (SSSR count). The Labute approximate surface area is 74.6 Å². The first-order chi connectivity index (χ1) is 5.00. The zero-order valence-corrected chi connectivity index (χ0v) is 8.15. The molecule has 0 saturated carbocycles. The first-order valence-electron chi connectivity index (χ1n) is 3.45. The van der Waals surface area contributed by atoms with Crippen molar-refractivity contribution in [3.63, 3.8) is 0 Å². The molecule has 0 heterocycles. The van der Waals surface area contributed by atoms with E-state index in [4.69, 9.17) is 0 Å². The van der Waals surface area contributed by atoms with Gasteiger partial charge in [0.05, 0.1) is 0 Å². The van der Waals surface area contributed by atoms with Crippen LogP contribution in [0.3, 0.4) is 0 Å². The van der Waals surface area contributed by atoms with E-state index >= 15 is 0 Å². The Morgan fingerprint density at radius 2 is 2.00 bits per heavy atom. The van der Waals surface area contributed by atoms with E-state index in [1.54, 1.807) is 6.07 Å².